The zero-order valence-corrected chi connectivity index (χ0v) is 16.8. The van der Waals surface area contributed by atoms with Crippen LogP contribution in [0.25, 0.3) is 21.9 Å². The molecule has 156 valence electrons. The fraction of sp³-hybridized carbons (Fsp3) is 0.292. The molecular weight excluding hydrogens is 389 g/mol. The van der Waals surface area contributed by atoms with Crippen LogP contribution in [0.15, 0.2) is 60.7 Å². The van der Waals surface area contributed by atoms with Crippen molar-refractivity contribution in [2.75, 3.05) is 20.1 Å². The van der Waals surface area contributed by atoms with Crippen LogP contribution in [0.2, 0.25) is 0 Å². The van der Waals surface area contributed by atoms with Crippen molar-refractivity contribution in [2.24, 2.45) is 5.92 Å². The van der Waals surface area contributed by atoms with E-state index in [4.69, 9.17) is 0 Å². The molecule has 3 aromatic carbocycles. The van der Waals surface area contributed by atoms with Gasteiger partial charge in [0, 0.05) is 30.6 Å². The number of benzene rings is 3. The molecule has 6 heteroatoms. The Labute approximate surface area is 173 Å². The molecule has 1 amide bonds. The van der Waals surface area contributed by atoms with Gasteiger partial charge in [-0.3, -0.25) is 4.79 Å². The minimum atomic E-state index is -4.36. The number of halogens is 3. The summed E-state index contributed by atoms with van der Waals surface area (Å²) in [5, 5.41) is 4.84. The summed E-state index contributed by atoms with van der Waals surface area (Å²) in [7, 11) is 2.06. The summed E-state index contributed by atoms with van der Waals surface area (Å²) >= 11 is 0. The van der Waals surface area contributed by atoms with E-state index >= 15 is 0 Å². The second-order valence-corrected chi connectivity index (χ2v) is 8.06. The van der Waals surface area contributed by atoms with Crippen LogP contribution in [0.1, 0.15) is 22.8 Å². The molecule has 0 aliphatic carbocycles. The highest BCUT2D eigenvalue weighted by atomic mass is 19.4. The van der Waals surface area contributed by atoms with Crippen molar-refractivity contribution in [3.8, 4) is 11.1 Å². The Morgan fingerprint density at radius 2 is 1.77 bits per heavy atom. The highest BCUT2D eigenvalue weighted by Crippen LogP contribution is 2.33. The van der Waals surface area contributed by atoms with E-state index in [9.17, 15) is 18.0 Å². The minimum Gasteiger partial charge on any atom is -0.349 e. The van der Waals surface area contributed by atoms with Gasteiger partial charge in [0.2, 0.25) is 0 Å². The molecule has 30 heavy (non-hydrogen) atoms. The number of amides is 1. The summed E-state index contributed by atoms with van der Waals surface area (Å²) < 4.78 is 38.5. The fourth-order valence-corrected chi connectivity index (χ4v) is 3.99. The van der Waals surface area contributed by atoms with Gasteiger partial charge in [0.15, 0.2) is 0 Å². The summed E-state index contributed by atoms with van der Waals surface area (Å²) in [6.45, 7) is 3.99. The Morgan fingerprint density at radius 1 is 1.07 bits per heavy atom. The summed E-state index contributed by atoms with van der Waals surface area (Å²) in [6.07, 6.45) is -4.36. The average molecular weight is 412 g/mol. The smallest absolute Gasteiger partial charge is 0.349 e. The Balaban J connectivity index is 1.58. The van der Waals surface area contributed by atoms with Crippen molar-refractivity contribution < 1.29 is 18.0 Å². The zero-order chi connectivity index (χ0) is 21.5. The lowest BCUT2D eigenvalue weighted by Gasteiger charge is -2.40. The van der Waals surface area contributed by atoms with E-state index < -0.39 is 11.7 Å². The van der Waals surface area contributed by atoms with Crippen LogP contribution in [0.4, 0.5) is 13.2 Å². The van der Waals surface area contributed by atoms with E-state index in [1.165, 1.54) is 12.1 Å². The predicted molar refractivity (Wildman–Crippen MR) is 112 cm³/mol. The van der Waals surface area contributed by atoms with Crippen molar-refractivity contribution in [1.29, 1.82) is 0 Å². The molecule has 0 spiro atoms. The SMILES string of the molecule is CC(NC(=O)c1ccc2c(-c3ccc(C(F)(F)F)cc3)cccc2c1)C1CN(C)C1. The molecule has 1 aliphatic rings. The summed E-state index contributed by atoms with van der Waals surface area (Å²) in [5.74, 6) is 0.351. The highest BCUT2D eigenvalue weighted by Gasteiger charge is 2.30. The van der Waals surface area contributed by atoms with Gasteiger partial charge in [-0.15, -0.1) is 0 Å². The number of carbonyl (C=O) groups is 1. The van der Waals surface area contributed by atoms with Crippen molar-refractivity contribution in [3.63, 3.8) is 0 Å². The molecular formula is C24H23F3N2O. The lowest BCUT2D eigenvalue weighted by atomic mass is 9.93. The van der Waals surface area contributed by atoms with Crippen LogP contribution in [-0.2, 0) is 6.18 Å². The van der Waals surface area contributed by atoms with Gasteiger partial charge < -0.3 is 10.2 Å². The second kappa shape index (κ2) is 7.76. The van der Waals surface area contributed by atoms with Crippen LogP contribution < -0.4 is 5.32 Å². The summed E-state index contributed by atoms with van der Waals surface area (Å²) in [4.78, 5) is 14.9. The Bertz CT molecular complexity index is 1070. The zero-order valence-electron chi connectivity index (χ0n) is 16.8. The van der Waals surface area contributed by atoms with Gasteiger partial charge in [-0.05, 0) is 60.1 Å². The minimum absolute atomic E-state index is 0.0999. The third-order valence-electron chi connectivity index (χ3n) is 5.82. The molecule has 0 saturated carbocycles. The highest BCUT2D eigenvalue weighted by molar-refractivity contribution is 6.02. The molecule has 4 rings (SSSR count). The molecule has 1 aliphatic heterocycles. The number of rotatable bonds is 4. The number of hydrogen-bond donors (Lipinski definition) is 1. The monoisotopic (exact) mass is 412 g/mol. The topological polar surface area (TPSA) is 32.3 Å². The van der Waals surface area contributed by atoms with Crippen molar-refractivity contribution in [3.05, 3.63) is 71.8 Å². The number of alkyl halides is 3. The molecule has 1 N–H and O–H groups in total. The summed E-state index contributed by atoms with van der Waals surface area (Å²) in [5.41, 5.74) is 1.44. The van der Waals surface area contributed by atoms with Crippen molar-refractivity contribution >= 4 is 16.7 Å². The third-order valence-corrected chi connectivity index (χ3v) is 5.82. The molecule has 0 radical (unpaired) electrons. The lowest BCUT2D eigenvalue weighted by Crippen LogP contribution is -2.53. The van der Waals surface area contributed by atoms with Gasteiger partial charge in [0.25, 0.3) is 5.91 Å². The first-order valence-electron chi connectivity index (χ1n) is 9.92. The molecule has 1 unspecified atom stereocenters. The summed E-state index contributed by atoms with van der Waals surface area (Å²) in [6, 6.07) is 16.3. The number of carbonyl (C=O) groups excluding carboxylic acids is 1. The van der Waals surface area contributed by atoms with Gasteiger partial charge in [-0.25, -0.2) is 0 Å². The normalized spacial score (nSPS) is 16.3. The van der Waals surface area contributed by atoms with Crippen molar-refractivity contribution in [1.82, 2.24) is 10.2 Å². The number of fused-ring (bicyclic) bond motifs is 1. The Kier molecular flexibility index (Phi) is 5.28. The van der Waals surface area contributed by atoms with Gasteiger partial charge in [0.05, 0.1) is 5.56 Å². The Morgan fingerprint density at radius 3 is 2.40 bits per heavy atom. The number of likely N-dealkylation sites (tertiary alicyclic amines) is 1. The van der Waals surface area contributed by atoms with E-state index in [-0.39, 0.29) is 11.9 Å². The quantitative estimate of drug-likeness (QED) is 0.638. The van der Waals surface area contributed by atoms with Crippen LogP contribution in [0.3, 0.4) is 0 Å². The lowest BCUT2D eigenvalue weighted by molar-refractivity contribution is -0.137. The standard InChI is InChI=1S/C24H23F3N2O/c1-15(19-13-29(2)14-19)28-23(30)18-8-11-22-17(12-18)4-3-5-21(22)16-6-9-20(10-7-16)24(25,26)27/h3-12,15,19H,13-14H2,1-2H3,(H,28,30). The van der Waals surface area contributed by atoms with E-state index in [2.05, 4.69) is 17.3 Å². The van der Waals surface area contributed by atoms with Gasteiger partial charge >= 0.3 is 6.18 Å². The van der Waals surface area contributed by atoms with E-state index in [1.807, 2.05) is 37.3 Å². The molecule has 3 aromatic rings. The third kappa shape index (κ3) is 4.05. The maximum absolute atomic E-state index is 12.8. The first kappa shape index (κ1) is 20.4. The molecule has 0 bridgehead atoms. The average Bonchev–Trinajstić information content (AvgIpc) is 2.70. The second-order valence-electron chi connectivity index (χ2n) is 8.06. The molecule has 1 saturated heterocycles. The number of nitrogens with zero attached hydrogens (tertiary/aromatic N) is 1. The largest absolute Gasteiger partial charge is 0.416 e. The fourth-order valence-electron chi connectivity index (χ4n) is 3.99. The van der Waals surface area contributed by atoms with Crippen LogP contribution in [0, 0.1) is 5.92 Å². The molecule has 0 aromatic heterocycles. The van der Waals surface area contributed by atoms with E-state index in [1.54, 1.807) is 6.07 Å². The number of nitrogens with one attached hydrogen (secondary N) is 1. The Hall–Kier alpha value is -2.86. The van der Waals surface area contributed by atoms with Crippen LogP contribution in [0.5, 0.6) is 0 Å². The maximum atomic E-state index is 12.8. The van der Waals surface area contributed by atoms with Gasteiger partial charge in [0.1, 0.15) is 0 Å². The van der Waals surface area contributed by atoms with E-state index in [0.717, 1.165) is 41.6 Å². The van der Waals surface area contributed by atoms with Gasteiger partial charge in [-0.1, -0.05) is 36.4 Å². The van der Waals surface area contributed by atoms with Crippen LogP contribution >= 0.6 is 0 Å². The molecule has 1 atom stereocenters. The predicted octanol–water partition coefficient (Wildman–Crippen LogP) is 5.21. The number of hydrogen-bond acceptors (Lipinski definition) is 2. The van der Waals surface area contributed by atoms with Crippen LogP contribution in [-0.4, -0.2) is 37.0 Å². The molecule has 3 nitrogen and oxygen atoms in total. The van der Waals surface area contributed by atoms with E-state index in [0.29, 0.717) is 17.0 Å². The van der Waals surface area contributed by atoms with Gasteiger partial charge in [-0.2, -0.15) is 13.2 Å². The molecule has 1 heterocycles. The molecule has 1 fully saturated rings. The van der Waals surface area contributed by atoms with Crippen molar-refractivity contribution in [2.45, 2.75) is 19.1 Å². The first-order chi connectivity index (χ1) is 14.2. The first-order valence-corrected chi connectivity index (χ1v) is 9.92. The maximum Gasteiger partial charge on any atom is 0.416 e.